The zero-order valence-electron chi connectivity index (χ0n) is 14.0. The molecule has 1 heterocycles. The normalized spacial score (nSPS) is 21.1. The minimum Gasteiger partial charge on any atom is -0.383 e. The lowest BCUT2D eigenvalue weighted by Gasteiger charge is -2.23. The molecular weight excluding hydrogens is 361 g/mol. The van der Waals surface area contributed by atoms with Gasteiger partial charge in [0.2, 0.25) is 11.9 Å². The van der Waals surface area contributed by atoms with Crippen LogP contribution in [-0.2, 0) is 0 Å². The molecule has 2 atom stereocenters. The second-order valence-corrected chi connectivity index (χ2v) is 6.03. The number of aliphatic hydroxyl groups is 1. The van der Waals surface area contributed by atoms with Crippen molar-refractivity contribution in [3.63, 3.8) is 0 Å². The number of halogens is 5. The average molecular weight is 379 g/mol. The highest BCUT2D eigenvalue weighted by molar-refractivity contribution is 5.65. The lowest BCUT2D eigenvalue weighted by molar-refractivity contribution is -0.0899. The van der Waals surface area contributed by atoms with Gasteiger partial charge >= 0.3 is 6.18 Å². The van der Waals surface area contributed by atoms with Gasteiger partial charge in [0, 0.05) is 11.6 Å². The molecule has 0 aromatic carbocycles. The van der Waals surface area contributed by atoms with Crippen molar-refractivity contribution in [2.24, 2.45) is 0 Å². The Hall–Kier alpha value is -2.30. The molecule has 2 unspecified atom stereocenters. The van der Waals surface area contributed by atoms with Gasteiger partial charge in [-0.3, -0.25) is 0 Å². The van der Waals surface area contributed by atoms with Crippen molar-refractivity contribution in [3.8, 4) is 0 Å². The molecule has 1 aliphatic carbocycles. The molecule has 0 aliphatic heterocycles. The number of alkyl halides is 4. The predicted molar refractivity (Wildman–Crippen MR) is 85.6 cm³/mol. The first-order chi connectivity index (χ1) is 12.0. The molecule has 26 heavy (non-hydrogen) atoms. The molecule has 0 amide bonds. The quantitative estimate of drug-likeness (QED) is 0.681. The molecule has 0 radical (unpaired) electrons. The summed E-state index contributed by atoms with van der Waals surface area (Å²) in [7, 11) is 0. The third kappa shape index (κ3) is 4.65. The number of aromatic nitrogens is 3. The Labute approximate surface area is 146 Å². The van der Waals surface area contributed by atoms with E-state index in [2.05, 4.69) is 26.8 Å². The average Bonchev–Trinajstić information content (AvgIpc) is 2.51. The van der Waals surface area contributed by atoms with Crippen LogP contribution in [0.5, 0.6) is 0 Å². The van der Waals surface area contributed by atoms with Crippen molar-refractivity contribution in [2.75, 3.05) is 10.6 Å². The summed E-state index contributed by atoms with van der Waals surface area (Å²) in [6.07, 6.45) is -8.74. The van der Waals surface area contributed by atoms with Gasteiger partial charge in [0.25, 0.3) is 0 Å². The summed E-state index contributed by atoms with van der Waals surface area (Å²) in [6.45, 7) is 6.34. The highest BCUT2D eigenvalue weighted by Crippen LogP contribution is 2.34. The maximum Gasteiger partial charge on any atom is 0.430 e. The summed E-state index contributed by atoms with van der Waals surface area (Å²) in [4.78, 5) is 11.5. The van der Waals surface area contributed by atoms with Crippen LogP contribution < -0.4 is 10.6 Å². The molecular formula is C15H18F5N5O. The van der Waals surface area contributed by atoms with Gasteiger partial charge in [-0.15, -0.1) is 0 Å². The van der Waals surface area contributed by atoms with E-state index in [0.717, 1.165) is 0 Å². The van der Waals surface area contributed by atoms with E-state index in [9.17, 15) is 27.1 Å². The Morgan fingerprint density at radius 1 is 1.23 bits per heavy atom. The van der Waals surface area contributed by atoms with Gasteiger partial charge in [0.05, 0.1) is 0 Å². The van der Waals surface area contributed by atoms with E-state index in [1.807, 2.05) is 5.32 Å². The number of anilines is 2. The third-order valence-electron chi connectivity index (χ3n) is 3.49. The molecule has 1 aliphatic rings. The lowest BCUT2D eigenvalue weighted by Crippen LogP contribution is -2.28. The van der Waals surface area contributed by atoms with E-state index in [-0.39, 0.29) is 36.2 Å². The molecule has 144 valence electrons. The van der Waals surface area contributed by atoms with Gasteiger partial charge in [-0.05, 0) is 26.7 Å². The van der Waals surface area contributed by atoms with E-state index in [4.69, 9.17) is 0 Å². The standard InChI is InChI=1S/C15H18F5N5O/c1-6(2)21-13-23-12(8-4-5-9(16)11(26)10(8)17)24-14(25-13)22-7(3)15(18,19)20/h6,9,11,26H,3-5H2,1-2H3,(H2,21,22,23,24,25). The minimum atomic E-state index is -4.73. The predicted octanol–water partition coefficient (Wildman–Crippen LogP) is 3.35. The Morgan fingerprint density at radius 2 is 1.85 bits per heavy atom. The number of hydrogen-bond acceptors (Lipinski definition) is 6. The smallest absolute Gasteiger partial charge is 0.383 e. The summed E-state index contributed by atoms with van der Waals surface area (Å²) in [5, 5.41) is 14.2. The van der Waals surface area contributed by atoms with Crippen LogP contribution in [0.4, 0.5) is 33.8 Å². The summed E-state index contributed by atoms with van der Waals surface area (Å²) < 4.78 is 65.6. The molecule has 0 fully saturated rings. The van der Waals surface area contributed by atoms with Gasteiger partial charge in [0.15, 0.2) is 5.82 Å². The monoisotopic (exact) mass is 379 g/mol. The number of allylic oxidation sites excluding steroid dienone is 2. The fraction of sp³-hybridized carbons (Fsp3) is 0.533. The first-order valence-corrected chi connectivity index (χ1v) is 7.75. The number of nitrogens with one attached hydrogen (secondary N) is 2. The van der Waals surface area contributed by atoms with Crippen molar-refractivity contribution in [2.45, 2.75) is 51.2 Å². The third-order valence-corrected chi connectivity index (χ3v) is 3.49. The van der Waals surface area contributed by atoms with Crippen LogP contribution >= 0.6 is 0 Å². The molecule has 6 nitrogen and oxygen atoms in total. The second-order valence-electron chi connectivity index (χ2n) is 6.03. The molecule has 0 saturated carbocycles. The molecule has 1 aromatic rings. The van der Waals surface area contributed by atoms with Crippen LogP contribution in [0.2, 0.25) is 0 Å². The van der Waals surface area contributed by atoms with Crippen LogP contribution in [0, 0.1) is 0 Å². The summed E-state index contributed by atoms with van der Waals surface area (Å²) >= 11 is 0. The summed E-state index contributed by atoms with van der Waals surface area (Å²) in [6, 6.07) is -0.171. The number of aliphatic hydroxyl groups excluding tert-OH is 1. The topological polar surface area (TPSA) is 83.0 Å². The first-order valence-electron chi connectivity index (χ1n) is 7.75. The van der Waals surface area contributed by atoms with Crippen molar-refractivity contribution in [1.82, 2.24) is 15.0 Å². The van der Waals surface area contributed by atoms with E-state index in [0.29, 0.717) is 0 Å². The zero-order valence-corrected chi connectivity index (χ0v) is 14.0. The van der Waals surface area contributed by atoms with Crippen LogP contribution in [0.1, 0.15) is 32.5 Å². The molecule has 2 rings (SSSR count). The van der Waals surface area contributed by atoms with Crippen molar-refractivity contribution in [3.05, 3.63) is 23.9 Å². The SMILES string of the molecule is C=C(Nc1nc(NC(C)C)nc(C2=C(F)C(O)C(F)CC2)n1)C(F)(F)F. The van der Waals surface area contributed by atoms with Gasteiger partial charge in [-0.25, -0.2) is 8.78 Å². The zero-order chi connectivity index (χ0) is 19.6. The van der Waals surface area contributed by atoms with Gasteiger partial charge in [-0.1, -0.05) is 6.58 Å². The van der Waals surface area contributed by atoms with Crippen LogP contribution in [0.25, 0.3) is 5.57 Å². The van der Waals surface area contributed by atoms with Gasteiger partial charge < -0.3 is 15.7 Å². The summed E-state index contributed by atoms with van der Waals surface area (Å²) in [5.74, 6) is -2.03. The fourth-order valence-electron chi connectivity index (χ4n) is 2.21. The van der Waals surface area contributed by atoms with Crippen molar-refractivity contribution < 1.29 is 27.1 Å². The second kappa shape index (κ2) is 7.52. The van der Waals surface area contributed by atoms with E-state index in [1.54, 1.807) is 13.8 Å². The van der Waals surface area contributed by atoms with Crippen molar-refractivity contribution in [1.29, 1.82) is 0 Å². The van der Waals surface area contributed by atoms with Crippen LogP contribution in [-0.4, -0.2) is 44.6 Å². The lowest BCUT2D eigenvalue weighted by atomic mass is 9.94. The Balaban J connectivity index is 2.45. The number of hydrogen-bond donors (Lipinski definition) is 3. The van der Waals surface area contributed by atoms with E-state index >= 15 is 0 Å². The molecule has 11 heteroatoms. The highest BCUT2D eigenvalue weighted by atomic mass is 19.4. The highest BCUT2D eigenvalue weighted by Gasteiger charge is 2.34. The summed E-state index contributed by atoms with van der Waals surface area (Å²) in [5.41, 5.74) is -1.49. The molecule has 3 N–H and O–H groups in total. The van der Waals surface area contributed by atoms with Gasteiger partial charge in [-0.2, -0.15) is 28.1 Å². The fourth-order valence-corrected chi connectivity index (χ4v) is 2.21. The maximum absolute atomic E-state index is 14.2. The largest absolute Gasteiger partial charge is 0.430 e. The van der Waals surface area contributed by atoms with Gasteiger partial charge in [0.1, 0.15) is 23.8 Å². The first kappa shape index (κ1) is 20.0. The van der Waals surface area contributed by atoms with E-state index < -0.39 is 35.9 Å². The Bertz CT molecular complexity index is 719. The molecule has 0 bridgehead atoms. The maximum atomic E-state index is 14.2. The minimum absolute atomic E-state index is 0.0976. The Kier molecular flexibility index (Phi) is 5.79. The Morgan fingerprint density at radius 3 is 2.42 bits per heavy atom. The molecule has 0 spiro atoms. The number of rotatable bonds is 5. The van der Waals surface area contributed by atoms with Crippen LogP contribution in [0.3, 0.4) is 0 Å². The van der Waals surface area contributed by atoms with Crippen molar-refractivity contribution >= 4 is 17.5 Å². The molecule has 0 saturated heterocycles. The van der Waals surface area contributed by atoms with E-state index in [1.165, 1.54) is 0 Å². The number of nitrogens with zero attached hydrogens (tertiary/aromatic N) is 3. The molecule has 1 aromatic heterocycles. The van der Waals surface area contributed by atoms with Crippen LogP contribution in [0.15, 0.2) is 18.1 Å².